The molecule has 0 aliphatic heterocycles. The van der Waals surface area contributed by atoms with Crippen LogP contribution in [-0.4, -0.2) is 0 Å². The molecule has 0 aliphatic carbocycles. The number of hydrogen-bond acceptors (Lipinski definition) is 1. The summed E-state index contributed by atoms with van der Waals surface area (Å²) in [5, 5.41) is 12.6. The average molecular weight is 631 g/mol. The number of fused-ring (bicyclic) bond motifs is 6. The van der Waals surface area contributed by atoms with E-state index in [4.69, 9.17) is 0 Å². The van der Waals surface area contributed by atoms with Crippen LogP contribution in [0.5, 0.6) is 0 Å². The lowest BCUT2D eigenvalue weighted by Crippen LogP contribution is -2.24. The Morgan fingerprint density at radius 2 is 0.771 bits per heavy atom. The van der Waals surface area contributed by atoms with E-state index in [0.29, 0.717) is 0 Å². The lowest BCUT2D eigenvalue weighted by atomic mass is 9.87. The summed E-state index contributed by atoms with van der Waals surface area (Å²) in [4.78, 5) is 0. The minimum absolute atomic E-state index is 0.835. The van der Waals surface area contributed by atoms with Gasteiger partial charge < -0.3 is 4.57 Å². The van der Waals surface area contributed by atoms with Crippen LogP contribution < -0.4 is 15.9 Å². The smallest absolute Gasteiger partial charge is 0.171 e. The van der Waals surface area contributed by atoms with Gasteiger partial charge in [0.05, 0.1) is 0 Å². The largest absolute Gasteiger partial charge is 0.309 e. The standard InChI is InChI=1S/C46H31OP/c47-48(38-13-3-1-4-14-38,39-15-5-2-6-16-39)40-28-25-33(26-29-40)32-19-22-36(23-20-32)45-43-30-27-34-11-7-9-17-41(34)44(43)31-37-24-21-35-12-8-10-18-42(35)46(37)45/h1-31H. The van der Waals surface area contributed by atoms with Crippen LogP contribution in [-0.2, 0) is 4.57 Å². The summed E-state index contributed by atoms with van der Waals surface area (Å²) in [5.74, 6) is 0. The van der Waals surface area contributed by atoms with Gasteiger partial charge in [0.25, 0.3) is 0 Å². The molecular weight excluding hydrogens is 599 g/mol. The fraction of sp³-hybridized carbons (Fsp3) is 0. The predicted octanol–water partition coefficient (Wildman–Crippen LogP) is 11.3. The normalized spacial score (nSPS) is 11.8. The Kier molecular flexibility index (Phi) is 6.82. The molecule has 0 unspecified atom stereocenters. The highest BCUT2D eigenvalue weighted by atomic mass is 31.2. The van der Waals surface area contributed by atoms with E-state index < -0.39 is 7.14 Å². The molecule has 2 heteroatoms. The molecule has 0 amide bonds. The Bertz CT molecular complexity index is 2620. The first-order chi connectivity index (χ1) is 23.7. The van der Waals surface area contributed by atoms with Gasteiger partial charge in [0.2, 0.25) is 0 Å². The average Bonchev–Trinajstić information content (AvgIpc) is 3.17. The summed E-state index contributed by atoms with van der Waals surface area (Å²) in [6, 6.07) is 65.7. The van der Waals surface area contributed by atoms with Crippen LogP contribution in [0, 0.1) is 0 Å². The second-order valence-electron chi connectivity index (χ2n) is 12.4. The van der Waals surface area contributed by atoms with E-state index in [0.717, 1.165) is 27.0 Å². The second-order valence-corrected chi connectivity index (χ2v) is 15.2. The summed E-state index contributed by atoms with van der Waals surface area (Å²) in [6.45, 7) is 0. The van der Waals surface area contributed by atoms with Crippen molar-refractivity contribution >= 4 is 66.1 Å². The molecule has 0 spiro atoms. The van der Waals surface area contributed by atoms with E-state index >= 15 is 0 Å². The number of hydrogen-bond donors (Lipinski definition) is 0. The third-order valence-corrected chi connectivity index (χ3v) is 12.8. The molecule has 0 aliphatic rings. The van der Waals surface area contributed by atoms with Gasteiger partial charge in [-0.1, -0.05) is 182 Å². The van der Waals surface area contributed by atoms with Crippen molar-refractivity contribution in [1.82, 2.24) is 0 Å². The highest BCUT2D eigenvalue weighted by Crippen LogP contribution is 2.44. The summed E-state index contributed by atoms with van der Waals surface area (Å²) in [6.07, 6.45) is 0. The predicted molar refractivity (Wildman–Crippen MR) is 207 cm³/mol. The lowest BCUT2D eigenvalue weighted by Gasteiger charge is -2.20. The van der Waals surface area contributed by atoms with Crippen molar-refractivity contribution in [2.45, 2.75) is 0 Å². The Balaban J connectivity index is 1.18. The van der Waals surface area contributed by atoms with E-state index in [1.54, 1.807) is 0 Å². The van der Waals surface area contributed by atoms with E-state index in [-0.39, 0.29) is 0 Å². The first-order valence-electron chi connectivity index (χ1n) is 16.4. The molecule has 0 atom stereocenters. The van der Waals surface area contributed by atoms with E-state index in [1.807, 2.05) is 72.8 Å². The Morgan fingerprint density at radius 1 is 0.312 bits per heavy atom. The van der Waals surface area contributed by atoms with Crippen molar-refractivity contribution in [3.63, 3.8) is 0 Å². The maximum absolute atomic E-state index is 14.9. The highest BCUT2D eigenvalue weighted by molar-refractivity contribution is 7.85. The van der Waals surface area contributed by atoms with Gasteiger partial charge in [-0.2, -0.15) is 0 Å². The minimum Gasteiger partial charge on any atom is -0.309 e. The van der Waals surface area contributed by atoms with Crippen molar-refractivity contribution in [1.29, 1.82) is 0 Å². The molecule has 226 valence electrons. The molecule has 0 radical (unpaired) electrons. The van der Waals surface area contributed by atoms with Crippen LogP contribution in [0.2, 0.25) is 0 Å². The third kappa shape index (κ3) is 4.59. The van der Waals surface area contributed by atoms with Gasteiger partial charge in [-0.25, -0.2) is 0 Å². The summed E-state index contributed by atoms with van der Waals surface area (Å²) >= 11 is 0. The number of rotatable bonds is 5. The van der Waals surface area contributed by atoms with Gasteiger partial charge in [0.1, 0.15) is 0 Å². The van der Waals surface area contributed by atoms with Crippen molar-refractivity contribution in [2.24, 2.45) is 0 Å². The van der Waals surface area contributed by atoms with Gasteiger partial charge in [-0.15, -0.1) is 0 Å². The molecule has 0 fully saturated rings. The van der Waals surface area contributed by atoms with Crippen molar-refractivity contribution in [3.8, 4) is 22.3 Å². The van der Waals surface area contributed by atoms with Crippen LogP contribution >= 0.6 is 7.14 Å². The monoisotopic (exact) mass is 630 g/mol. The maximum Gasteiger partial charge on any atom is 0.171 e. The molecule has 48 heavy (non-hydrogen) atoms. The van der Waals surface area contributed by atoms with Gasteiger partial charge in [0.15, 0.2) is 7.14 Å². The van der Waals surface area contributed by atoms with Gasteiger partial charge in [-0.05, 0) is 71.4 Å². The summed E-state index contributed by atoms with van der Waals surface area (Å²) in [5.41, 5.74) is 4.67. The molecule has 0 heterocycles. The fourth-order valence-corrected chi connectivity index (χ4v) is 10.0. The topological polar surface area (TPSA) is 17.1 Å². The van der Waals surface area contributed by atoms with E-state index in [2.05, 4.69) is 115 Å². The molecule has 9 aromatic rings. The molecule has 9 rings (SSSR count). The molecule has 0 aromatic heterocycles. The van der Waals surface area contributed by atoms with E-state index in [1.165, 1.54) is 54.2 Å². The second kappa shape index (κ2) is 11.5. The fourth-order valence-electron chi connectivity index (χ4n) is 7.36. The first kappa shape index (κ1) is 28.5. The molecule has 0 saturated heterocycles. The van der Waals surface area contributed by atoms with E-state index in [9.17, 15) is 4.57 Å². The maximum atomic E-state index is 14.9. The quantitative estimate of drug-likeness (QED) is 0.105. The molecule has 1 nitrogen and oxygen atoms in total. The van der Waals surface area contributed by atoms with Crippen LogP contribution in [0.1, 0.15) is 0 Å². The van der Waals surface area contributed by atoms with Crippen molar-refractivity contribution in [2.75, 3.05) is 0 Å². The SMILES string of the molecule is O=P(c1ccccc1)(c1ccccc1)c1ccc(-c2ccc(-c3c4ccc5ccccc5c4cc4ccc5ccccc5c34)cc2)cc1. The minimum atomic E-state index is -3.02. The number of benzene rings is 9. The van der Waals surface area contributed by atoms with Gasteiger partial charge in [-0.3, -0.25) is 0 Å². The first-order valence-corrected chi connectivity index (χ1v) is 18.1. The Labute approximate surface area is 280 Å². The molecule has 9 aromatic carbocycles. The van der Waals surface area contributed by atoms with Gasteiger partial charge >= 0.3 is 0 Å². The zero-order valence-corrected chi connectivity index (χ0v) is 27.1. The highest BCUT2D eigenvalue weighted by Gasteiger charge is 2.29. The summed E-state index contributed by atoms with van der Waals surface area (Å²) < 4.78 is 14.9. The van der Waals surface area contributed by atoms with Crippen LogP contribution in [0.4, 0.5) is 0 Å². The van der Waals surface area contributed by atoms with Crippen LogP contribution in [0.25, 0.3) is 65.3 Å². The Morgan fingerprint density at radius 3 is 1.42 bits per heavy atom. The molecule has 0 N–H and O–H groups in total. The molecule has 0 saturated carbocycles. The zero-order chi connectivity index (χ0) is 32.1. The summed E-state index contributed by atoms with van der Waals surface area (Å²) in [7, 11) is -3.02. The third-order valence-electron chi connectivity index (χ3n) is 9.73. The molecular formula is C46H31OP. The zero-order valence-electron chi connectivity index (χ0n) is 26.3. The van der Waals surface area contributed by atoms with Gasteiger partial charge in [0, 0.05) is 15.9 Å². The van der Waals surface area contributed by atoms with Crippen LogP contribution in [0.15, 0.2) is 188 Å². The Hall–Kier alpha value is -5.75. The molecule has 0 bridgehead atoms. The van der Waals surface area contributed by atoms with Crippen molar-refractivity contribution in [3.05, 3.63) is 188 Å². The van der Waals surface area contributed by atoms with Crippen molar-refractivity contribution < 1.29 is 4.57 Å². The lowest BCUT2D eigenvalue weighted by molar-refractivity contribution is 0.592. The van der Waals surface area contributed by atoms with Crippen LogP contribution in [0.3, 0.4) is 0 Å².